The minimum absolute atomic E-state index is 0.278. The lowest BCUT2D eigenvalue weighted by molar-refractivity contribution is -0.131. The van der Waals surface area contributed by atoms with E-state index in [9.17, 15) is 4.79 Å². The van der Waals surface area contributed by atoms with E-state index in [4.69, 9.17) is 4.74 Å². The maximum atomic E-state index is 10.7. The van der Waals surface area contributed by atoms with Gasteiger partial charge in [0.25, 0.3) is 0 Å². The fourth-order valence-corrected chi connectivity index (χ4v) is 1.40. The van der Waals surface area contributed by atoms with Crippen LogP contribution in [0.25, 0.3) is 0 Å². The van der Waals surface area contributed by atoms with Crippen molar-refractivity contribution in [3.8, 4) is 5.75 Å². The van der Waals surface area contributed by atoms with Gasteiger partial charge >= 0.3 is 5.97 Å². The monoisotopic (exact) mass is 205 g/mol. The first kappa shape index (κ1) is 11.8. The van der Waals surface area contributed by atoms with Gasteiger partial charge in [0.05, 0.1) is 0 Å². The number of hydrogen-bond acceptors (Lipinski definition) is 2. The predicted molar refractivity (Wildman–Crippen MR) is 60.7 cm³/mol. The van der Waals surface area contributed by atoms with Crippen LogP contribution in [0.5, 0.6) is 5.75 Å². The van der Waals surface area contributed by atoms with Crippen molar-refractivity contribution in [3.05, 3.63) is 36.8 Å². The number of aryl methyl sites for hydroxylation is 1. The first-order valence-corrected chi connectivity index (χ1v) is 5.29. The molecule has 0 saturated carbocycles. The number of carbonyl (C=O) groups excluding carboxylic acids is 1. The zero-order valence-corrected chi connectivity index (χ0v) is 9.16. The van der Waals surface area contributed by atoms with Crippen LogP contribution in [0.4, 0.5) is 0 Å². The highest BCUT2D eigenvalue weighted by atomic mass is 16.5. The fraction of sp³-hybridized carbons (Fsp3) is 0.385. The Balaban J connectivity index is 2.45. The van der Waals surface area contributed by atoms with E-state index in [0.29, 0.717) is 5.75 Å². The quantitative estimate of drug-likeness (QED) is 0.419. The van der Waals surface area contributed by atoms with Crippen molar-refractivity contribution in [2.75, 3.05) is 0 Å². The lowest BCUT2D eigenvalue weighted by atomic mass is 10.1. The summed E-state index contributed by atoms with van der Waals surface area (Å²) in [5.41, 5.74) is 1.28. The summed E-state index contributed by atoms with van der Waals surface area (Å²) in [4.78, 5) is 10.7. The minimum atomic E-state index is -0.278. The zero-order chi connectivity index (χ0) is 11.1. The van der Waals surface area contributed by atoms with Crippen LogP contribution in [0.15, 0.2) is 24.3 Å². The molecule has 0 spiro atoms. The summed E-state index contributed by atoms with van der Waals surface area (Å²) in [5, 5.41) is 0. The Kier molecular flexibility index (Phi) is 4.88. The van der Waals surface area contributed by atoms with E-state index in [-0.39, 0.29) is 5.97 Å². The second kappa shape index (κ2) is 6.23. The number of unbranched alkanes of at least 4 members (excludes halogenated alkanes) is 2. The normalized spacial score (nSPS) is 10.0. The Labute approximate surface area is 91.3 Å². The molecule has 0 aliphatic heterocycles. The van der Waals surface area contributed by atoms with Gasteiger partial charge in [-0.15, -0.1) is 0 Å². The molecule has 0 unspecified atom stereocenters. The molecule has 81 valence electrons. The Hall–Kier alpha value is -1.31. The molecule has 0 heterocycles. The summed E-state index contributed by atoms with van der Waals surface area (Å²) in [7, 11) is 0. The summed E-state index contributed by atoms with van der Waals surface area (Å²) >= 11 is 0. The second-order valence-electron chi connectivity index (χ2n) is 3.55. The van der Waals surface area contributed by atoms with Gasteiger partial charge in [-0.05, 0) is 30.5 Å². The Morgan fingerprint density at radius 1 is 1.27 bits per heavy atom. The lowest BCUT2D eigenvalue weighted by Crippen LogP contribution is -2.01. The minimum Gasteiger partial charge on any atom is -0.427 e. The van der Waals surface area contributed by atoms with Gasteiger partial charge < -0.3 is 4.74 Å². The lowest BCUT2D eigenvalue weighted by Gasteiger charge is -2.03. The maximum absolute atomic E-state index is 10.7. The molecule has 1 rings (SSSR count). The molecular weight excluding hydrogens is 188 g/mol. The van der Waals surface area contributed by atoms with E-state index in [1.807, 2.05) is 24.3 Å². The van der Waals surface area contributed by atoms with Gasteiger partial charge in [-0.2, -0.15) is 0 Å². The molecule has 0 amide bonds. The molecule has 15 heavy (non-hydrogen) atoms. The van der Waals surface area contributed by atoms with Crippen LogP contribution in [0.1, 0.15) is 31.7 Å². The van der Waals surface area contributed by atoms with E-state index >= 15 is 0 Å². The molecule has 1 aromatic carbocycles. The molecule has 0 aliphatic carbocycles. The number of ether oxygens (including phenoxy) is 1. The SMILES string of the molecule is [CH2]CCCCc1ccc(OC(C)=O)cc1. The van der Waals surface area contributed by atoms with E-state index in [2.05, 4.69) is 6.92 Å². The van der Waals surface area contributed by atoms with Crippen LogP contribution in [0.2, 0.25) is 0 Å². The van der Waals surface area contributed by atoms with Crippen LogP contribution in [0.3, 0.4) is 0 Å². The van der Waals surface area contributed by atoms with Crippen molar-refractivity contribution >= 4 is 5.97 Å². The highest BCUT2D eigenvalue weighted by Crippen LogP contribution is 2.14. The van der Waals surface area contributed by atoms with E-state index in [0.717, 1.165) is 25.7 Å². The topological polar surface area (TPSA) is 26.3 Å². The first-order chi connectivity index (χ1) is 7.22. The molecule has 0 N–H and O–H groups in total. The average Bonchev–Trinajstić information content (AvgIpc) is 2.20. The van der Waals surface area contributed by atoms with E-state index in [1.165, 1.54) is 12.5 Å². The first-order valence-electron chi connectivity index (χ1n) is 5.29. The summed E-state index contributed by atoms with van der Waals surface area (Å²) in [6.45, 7) is 5.21. The molecule has 1 radical (unpaired) electrons. The third kappa shape index (κ3) is 4.63. The number of esters is 1. The molecule has 0 bridgehead atoms. The average molecular weight is 205 g/mol. The van der Waals surface area contributed by atoms with Crippen LogP contribution < -0.4 is 4.74 Å². The largest absolute Gasteiger partial charge is 0.427 e. The highest BCUT2D eigenvalue weighted by molar-refractivity contribution is 5.69. The van der Waals surface area contributed by atoms with Crippen LogP contribution in [-0.2, 0) is 11.2 Å². The number of hydrogen-bond donors (Lipinski definition) is 0. The molecule has 2 nitrogen and oxygen atoms in total. The molecule has 0 aromatic heterocycles. The third-order valence-corrected chi connectivity index (χ3v) is 2.15. The molecular formula is C13H17O2. The molecule has 0 aliphatic rings. The van der Waals surface area contributed by atoms with Gasteiger partial charge in [0, 0.05) is 6.92 Å². The highest BCUT2D eigenvalue weighted by Gasteiger charge is 1.98. The molecule has 0 saturated heterocycles. The third-order valence-electron chi connectivity index (χ3n) is 2.15. The van der Waals surface area contributed by atoms with Gasteiger partial charge in [-0.25, -0.2) is 0 Å². The van der Waals surface area contributed by atoms with Crippen molar-refractivity contribution in [2.24, 2.45) is 0 Å². The van der Waals surface area contributed by atoms with Gasteiger partial charge in [-0.1, -0.05) is 31.9 Å². The predicted octanol–water partition coefficient (Wildman–Crippen LogP) is 3.16. The summed E-state index contributed by atoms with van der Waals surface area (Å²) in [5.74, 6) is 0.336. The van der Waals surface area contributed by atoms with E-state index in [1.54, 1.807) is 0 Å². The van der Waals surface area contributed by atoms with Crippen molar-refractivity contribution in [2.45, 2.75) is 32.6 Å². The van der Waals surface area contributed by atoms with Crippen molar-refractivity contribution in [1.29, 1.82) is 0 Å². The number of rotatable bonds is 5. The summed E-state index contributed by atoms with van der Waals surface area (Å²) in [6.07, 6.45) is 4.38. The Bertz CT molecular complexity index is 301. The van der Waals surface area contributed by atoms with Crippen LogP contribution >= 0.6 is 0 Å². The van der Waals surface area contributed by atoms with Crippen molar-refractivity contribution < 1.29 is 9.53 Å². The van der Waals surface area contributed by atoms with Gasteiger partial charge in [0.15, 0.2) is 0 Å². The molecule has 1 aromatic rings. The maximum Gasteiger partial charge on any atom is 0.308 e. The van der Waals surface area contributed by atoms with Gasteiger partial charge in [0.2, 0.25) is 0 Å². The zero-order valence-electron chi connectivity index (χ0n) is 9.16. The van der Waals surface area contributed by atoms with E-state index < -0.39 is 0 Å². The molecule has 0 fully saturated rings. The fourth-order valence-electron chi connectivity index (χ4n) is 1.40. The summed E-state index contributed by atoms with van der Waals surface area (Å²) in [6, 6.07) is 7.67. The Morgan fingerprint density at radius 2 is 1.93 bits per heavy atom. The Morgan fingerprint density at radius 3 is 2.47 bits per heavy atom. The number of benzene rings is 1. The van der Waals surface area contributed by atoms with Crippen molar-refractivity contribution in [1.82, 2.24) is 0 Å². The molecule has 0 atom stereocenters. The molecule has 2 heteroatoms. The van der Waals surface area contributed by atoms with Gasteiger partial charge in [-0.3, -0.25) is 4.79 Å². The smallest absolute Gasteiger partial charge is 0.308 e. The standard InChI is InChI=1S/C13H17O2/c1-3-4-5-6-12-7-9-13(10-8-12)15-11(2)14/h7-10H,1,3-6H2,2H3. The van der Waals surface area contributed by atoms with Crippen molar-refractivity contribution in [3.63, 3.8) is 0 Å². The number of carbonyl (C=O) groups is 1. The van der Waals surface area contributed by atoms with Crippen LogP contribution in [-0.4, -0.2) is 5.97 Å². The summed E-state index contributed by atoms with van der Waals surface area (Å²) < 4.78 is 4.95. The second-order valence-corrected chi connectivity index (χ2v) is 3.55. The van der Waals surface area contributed by atoms with Gasteiger partial charge in [0.1, 0.15) is 5.75 Å². The van der Waals surface area contributed by atoms with Crippen LogP contribution in [0, 0.1) is 6.92 Å².